The maximum atomic E-state index is 5.29. The summed E-state index contributed by atoms with van der Waals surface area (Å²) in [6.07, 6.45) is 6.87. The number of benzene rings is 1. The molecular weight excluding hydrogens is 210 g/mol. The first kappa shape index (κ1) is 10.3. The highest BCUT2D eigenvalue weighted by molar-refractivity contribution is 5.61. The molecular formula is C15H15NO. The SMILES string of the molecule is Cc1ccc(-c2cc(/C=C/C3CC3)on2)cc1. The van der Waals surface area contributed by atoms with E-state index in [1.54, 1.807) is 0 Å². The zero-order chi connectivity index (χ0) is 11.7. The molecule has 0 N–H and O–H groups in total. The molecule has 1 aliphatic carbocycles. The molecule has 2 nitrogen and oxygen atoms in total. The van der Waals surface area contributed by atoms with E-state index in [0.717, 1.165) is 22.9 Å². The van der Waals surface area contributed by atoms with Crippen LogP contribution >= 0.6 is 0 Å². The summed E-state index contributed by atoms with van der Waals surface area (Å²) < 4.78 is 5.29. The summed E-state index contributed by atoms with van der Waals surface area (Å²) in [7, 11) is 0. The number of aromatic nitrogens is 1. The Morgan fingerprint density at radius 3 is 2.71 bits per heavy atom. The Bertz CT molecular complexity index is 532. The third-order valence-corrected chi connectivity index (χ3v) is 3.03. The predicted octanol–water partition coefficient (Wildman–Crippen LogP) is 4.07. The zero-order valence-corrected chi connectivity index (χ0v) is 9.89. The van der Waals surface area contributed by atoms with E-state index in [1.165, 1.54) is 18.4 Å². The molecule has 0 saturated heterocycles. The molecule has 3 rings (SSSR count). The van der Waals surface area contributed by atoms with Crippen molar-refractivity contribution < 1.29 is 4.52 Å². The molecule has 1 fully saturated rings. The number of hydrogen-bond donors (Lipinski definition) is 0. The van der Waals surface area contributed by atoms with E-state index in [2.05, 4.69) is 42.4 Å². The van der Waals surface area contributed by atoms with Crippen LogP contribution in [0.5, 0.6) is 0 Å². The van der Waals surface area contributed by atoms with Crippen LogP contribution in [0.2, 0.25) is 0 Å². The second-order valence-corrected chi connectivity index (χ2v) is 4.68. The number of hydrogen-bond acceptors (Lipinski definition) is 2. The first-order valence-electron chi connectivity index (χ1n) is 6.03. The lowest BCUT2D eigenvalue weighted by molar-refractivity contribution is 0.415. The van der Waals surface area contributed by atoms with Crippen LogP contribution in [0.15, 0.2) is 40.9 Å². The van der Waals surface area contributed by atoms with Crippen LogP contribution in [0.4, 0.5) is 0 Å². The summed E-state index contributed by atoms with van der Waals surface area (Å²) in [4.78, 5) is 0. The van der Waals surface area contributed by atoms with Gasteiger partial charge in [0.2, 0.25) is 0 Å². The smallest absolute Gasteiger partial charge is 0.159 e. The lowest BCUT2D eigenvalue weighted by Crippen LogP contribution is -1.76. The fourth-order valence-corrected chi connectivity index (χ4v) is 1.75. The van der Waals surface area contributed by atoms with Gasteiger partial charge in [0, 0.05) is 11.6 Å². The molecule has 1 aromatic carbocycles. The molecule has 0 bridgehead atoms. The van der Waals surface area contributed by atoms with Crippen LogP contribution in [0, 0.1) is 12.8 Å². The van der Waals surface area contributed by atoms with E-state index in [-0.39, 0.29) is 0 Å². The summed E-state index contributed by atoms with van der Waals surface area (Å²) in [5, 5.41) is 4.09. The molecule has 1 heterocycles. The van der Waals surface area contributed by atoms with Gasteiger partial charge in [-0.25, -0.2) is 0 Å². The third kappa shape index (κ3) is 2.47. The lowest BCUT2D eigenvalue weighted by atomic mass is 10.1. The molecule has 1 aliphatic rings. The number of allylic oxidation sites excluding steroid dienone is 1. The Balaban J connectivity index is 1.81. The van der Waals surface area contributed by atoms with Crippen molar-refractivity contribution in [2.24, 2.45) is 5.92 Å². The second kappa shape index (κ2) is 4.21. The molecule has 17 heavy (non-hydrogen) atoms. The van der Waals surface area contributed by atoms with Crippen LogP contribution in [0.1, 0.15) is 24.2 Å². The number of nitrogens with zero attached hydrogens (tertiary/aromatic N) is 1. The van der Waals surface area contributed by atoms with Crippen molar-refractivity contribution in [2.45, 2.75) is 19.8 Å². The molecule has 0 amide bonds. The van der Waals surface area contributed by atoms with Crippen LogP contribution in [0.3, 0.4) is 0 Å². The molecule has 0 aliphatic heterocycles. The predicted molar refractivity (Wildman–Crippen MR) is 68.4 cm³/mol. The van der Waals surface area contributed by atoms with Crippen molar-refractivity contribution >= 4 is 6.08 Å². The van der Waals surface area contributed by atoms with Crippen molar-refractivity contribution in [1.82, 2.24) is 5.16 Å². The fraction of sp³-hybridized carbons (Fsp3) is 0.267. The van der Waals surface area contributed by atoms with E-state index in [0.29, 0.717) is 0 Å². The summed E-state index contributed by atoms with van der Waals surface area (Å²) in [6.45, 7) is 2.08. The maximum Gasteiger partial charge on any atom is 0.159 e. The van der Waals surface area contributed by atoms with Gasteiger partial charge in [0.05, 0.1) is 0 Å². The van der Waals surface area contributed by atoms with E-state index >= 15 is 0 Å². The molecule has 0 radical (unpaired) electrons. The van der Waals surface area contributed by atoms with Gasteiger partial charge < -0.3 is 4.52 Å². The molecule has 0 unspecified atom stereocenters. The first-order chi connectivity index (χ1) is 8.31. The topological polar surface area (TPSA) is 26.0 Å². The number of aryl methyl sites for hydroxylation is 1. The highest BCUT2D eigenvalue weighted by Crippen LogP contribution is 2.31. The first-order valence-corrected chi connectivity index (χ1v) is 6.03. The van der Waals surface area contributed by atoms with Crippen molar-refractivity contribution in [1.29, 1.82) is 0 Å². The van der Waals surface area contributed by atoms with Crippen LogP contribution in [0.25, 0.3) is 17.3 Å². The van der Waals surface area contributed by atoms with E-state index < -0.39 is 0 Å². The Morgan fingerprint density at radius 1 is 1.24 bits per heavy atom. The van der Waals surface area contributed by atoms with Gasteiger partial charge in [-0.1, -0.05) is 41.1 Å². The quantitative estimate of drug-likeness (QED) is 0.786. The fourth-order valence-electron chi connectivity index (χ4n) is 1.75. The Morgan fingerprint density at radius 2 is 2.00 bits per heavy atom. The summed E-state index contributed by atoms with van der Waals surface area (Å²) >= 11 is 0. The minimum atomic E-state index is 0.767. The average Bonchev–Trinajstić information content (AvgIpc) is 3.06. The van der Waals surface area contributed by atoms with Crippen molar-refractivity contribution in [3.8, 4) is 11.3 Å². The molecule has 86 valence electrons. The normalized spacial score (nSPS) is 15.6. The van der Waals surface area contributed by atoms with Crippen molar-refractivity contribution in [3.63, 3.8) is 0 Å². The molecule has 2 aromatic rings. The van der Waals surface area contributed by atoms with Gasteiger partial charge in [0.15, 0.2) is 5.76 Å². The lowest BCUT2D eigenvalue weighted by Gasteiger charge is -1.95. The zero-order valence-electron chi connectivity index (χ0n) is 9.89. The summed E-state index contributed by atoms with van der Waals surface area (Å²) in [6, 6.07) is 10.3. The van der Waals surface area contributed by atoms with Gasteiger partial charge in [-0.05, 0) is 31.8 Å². The number of rotatable bonds is 3. The molecule has 0 atom stereocenters. The molecule has 1 saturated carbocycles. The minimum Gasteiger partial charge on any atom is -0.356 e. The maximum absolute atomic E-state index is 5.29. The van der Waals surface area contributed by atoms with Crippen molar-refractivity contribution in [3.05, 3.63) is 47.7 Å². The molecule has 0 spiro atoms. The highest BCUT2D eigenvalue weighted by atomic mass is 16.5. The molecule has 1 aromatic heterocycles. The minimum absolute atomic E-state index is 0.767. The van der Waals surface area contributed by atoms with E-state index in [4.69, 9.17) is 4.52 Å². The Hall–Kier alpha value is -1.83. The van der Waals surface area contributed by atoms with Crippen molar-refractivity contribution in [2.75, 3.05) is 0 Å². The monoisotopic (exact) mass is 225 g/mol. The van der Waals surface area contributed by atoms with Gasteiger partial charge in [0.25, 0.3) is 0 Å². The second-order valence-electron chi connectivity index (χ2n) is 4.68. The highest BCUT2D eigenvalue weighted by Gasteiger charge is 2.17. The Labute approximate surface area is 101 Å². The average molecular weight is 225 g/mol. The van der Waals surface area contributed by atoms with Gasteiger partial charge in [0.1, 0.15) is 5.69 Å². The molecule has 2 heteroatoms. The van der Waals surface area contributed by atoms with Crippen LogP contribution < -0.4 is 0 Å². The third-order valence-electron chi connectivity index (χ3n) is 3.03. The van der Waals surface area contributed by atoms with E-state index in [1.807, 2.05) is 12.1 Å². The van der Waals surface area contributed by atoms with Gasteiger partial charge in [-0.3, -0.25) is 0 Å². The largest absolute Gasteiger partial charge is 0.356 e. The van der Waals surface area contributed by atoms with Crippen LogP contribution in [-0.2, 0) is 0 Å². The summed E-state index contributed by atoms with van der Waals surface area (Å²) in [5.74, 6) is 1.61. The van der Waals surface area contributed by atoms with Gasteiger partial charge in [-0.15, -0.1) is 0 Å². The summed E-state index contributed by atoms with van der Waals surface area (Å²) in [5.41, 5.74) is 3.26. The van der Waals surface area contributed by atoms with Gasteiger partial charge >= 0.3 is 0 Å². The Kier molecular flexibility index (Phi) is 2.56. The van der Waals surface area contributed by atoms with Crippen LogP contribution in [-0.4, -0.2) is 5.16 Å². The van der Waals surface area contributed by atoms with Gasteiger partial charge in [-0.2, -0.15) is 0 Å². The standard InChI is InChI=1S/C15H15NO/c1-11-2-7-13(8-3-11)15-10-14(17-16-15)9-6-12-4-5-12/h2-3,6-10,12H,4-5H2,1H3/b9-6+. The van der Waals surface area contributed by atoms with E-state index in [9.17, 15) is 0 Å².